The molecule has 0 aliphatic carbocycles. The van der Waals surface area contributed by atoms with Gasteiger partial charge in [-0.05, 0) is 32.9 Å². The van der Waals surface area contributed by atoms with E-state index >= 15 is 0 Å². The summed E-state index contributed by atoms with van der Waals surface area (Å²) in [5.74, 6) is -0.494. The molecule has 1 rings (SSSR count). The number of ketones is 3. The first-order valence-corrected chi connectivity index (χ1v) is 5.60. The Labute approximate surface area is 102 Å². The van der Waals surface area contributed by atoms with E-state index in [-0.39, 0.29) is 17.3 Å². The molecule has 0 atom stereocenters. The van der Waals surface area contributed by atoms with Gasteiger partial charge in [-0.2, -0.15) is 0 Å². The van der Waals surface area contributed by atoms with Gasteiger partial charge in [0.1, 0.15) is 0 Å². The number of benzene rings is 1. The molecule has 3 nitrogen and oxygen atoms in total. The van der Waals surface area contributed by atoms with Crippen LogP contribution >= 0.6 is 0 Å². The van der Waals surface area contributed by atoms with E-state index in [4.69, 9.17) is 0 Å². The van der Waals surface area contributed by atoms with E-state index in [9.17, 15) is 14.4 Å². The molecule has 0 spiro atoms. The number of carbonyl (C=O) groups excluding carboxylic acids is 3. The van der Waals surface area contributed by atoms with Crippen LogP contribution in [-0.2, 0) is 0 Å². The summed E-state index contributed by atoms with van der Waals surface area (Å²) < 4.78 is 0. The second-order valence-electron chi connectivity index (χ2n) is 3.43. The Hall–Kier alpha value is -1.77. The van der Waals surface area contributed by atoms with Crippen molar-refractivity contribution in [1.29, 1.82) is 0 Å². The van der Waals surface area contributed by atoms with E-state index in [2.05, 4.69) is 0 Å². The van der Waals surface area contributed by atoms with E-state index in [0.717, 1.165) is 0 Å². The maximum absolute atomic E-state index is 11.3. The lowest BCUT2D eigenvalue weighted by Gasteiger charge is -2.05. The zero-order valence-electron chi connectivity index (χ0n) is 11.0. The largest absolute Gasteiger partial charge is 0.295 e. The molecule has 0 heterocycles. The first-order valence-electron chi connectivity index (χ1n) is 5.60. The van der Waals surface area contributed by atoms with Crippen molar-refractivity contribution in [2.24, 2.45) is 0 Å². The van der Waals surface area contributed by atoms with Crippen molar-refractivity contribution in [2.45, 2.75) is 34.6 Å². The first kappa shape index (κ1) is 15.2. The molecule has 0 radical (unpaired) electrons. The molecule has 1 aromatic rings. The lowest BCUT2D eigenvalue weighted by atomic mass is 9.97. The molecular weight excluding hydrogens is 216 g/mol. The Morgan fingerprint density at radius 3 is 1.59 bits per heavy atom. The third kappa shape index (κ3) is 3.94. The molecule has 0 saturated carbocycles. The Balaban J connectivity index is 0.00000121. The minimum atomic E-state index is -0.205. The molecule has 0 N–H and O–H groups in total. The highest BCUT2D eigenvalue weighted by Crippen LogP contribution is 2.14. The summed E-state index contributed by atoms with van der Waals surface area (Å²) in [7, 11) is 0. The quantitative estimate of drug-likeness (QED) is 0.754. The van der Waals surface area contributed by atoms with Crippen molar-refractivity contribution >= 4 is 17.3 Å². The van der Waals surface area contributed by atoms with Gasteiger partial charge in [-0.1, -0.05) is 19.9 Å². The summed E-state index contributed by atoms with van der Waals surface area (Å²) in [6.07, 6.45) is 0. The molecule has 0 bridgehead atoms. The Morgan fingerprint density at radius 1 is 0.765 bits per heavy atom. The predicted molar refractivity (Wildman–Crippen MR) is 67.8 cm³/mol. The van der Waals surface area contributed by atoms with Gasteiger partial charge in [0.25, 0.3) is 0 Å². The van der Waals surface area contributed by atoms with Crippen LogP contribution in [0.4, 0.5) is 0 Å². The Morgan fingerprint density at radius 2 is 1.24 bits per heavy atom. The molecule has 17 heavy (non-hydrogen) atoms. The standard InChI is InChI=1S/C12H12O3.C2H6/c1-7(13)10-4-5-11(8(2)14)12(6-10)9(3)15;1-2/h4-6H,1-3H3;1-2H3. The molecule has 0 amide bonds. The Kier molecular flexibility index (Phi) is 6.03. The molecule has 3 heteroatoms. The molecule has 0 aliphatic rings. The van der Waals surface area contributed by atoms with Gasteiger partial charge in [0.15, 0.2) is 17.3 Å². The zero-order chi connectivity index (χ0) is 13.6. The fourth-order valence-corrected chi connectivity index (χ4v) is 1.36. The predicted octanol–water partition coefficient (Wildman–Crippen LogP) is 3.32. The molecule has 0 aliphatic heterocycles. The van der Waals surface area contributed by atoms with Crippen molar-refractivity contribution in [3.63, 3.8) is 0 Å². The van der Waals surface area contributed by atoms with Crippen LogP contribution in [0.1, 0.15) is 65.7 Å². The average molecular weight is 234 g/mol. The Bertz CT molecular complexity index is 445. The van der Waals surface area contributed by atoms with E-state index in [0.29, 0.717) is 16.7 Å². The van der Waals surface area contributed by atoms with Crippen LogP contribution in [0.5, 0.6) is 0 Å². The summed E-state index contributed by atoms with van der Waals surface area (Å²) in [5, 5.41) is 0. The summed E-state index contributed by atoms with van der Waals surface area (Å²) in [6, 6.07) is 4.56. The third-order valence-electron chi connectivity index (χ3n) is 2.18. The minimum Gasteiger partial charge on any atom is -0.295 e. The lowest BCUT2D eigenvalue weighted by Crippen LogP contribution is -2.06. The molecule has 0 fully saturated rings. The molecular formula is C14H18O3. The van der Waals surface area contributed by atoms with Gasteiger partial charge in [-0.15, -0.1) is 0 Å². The molecule has 0 unspecified atom stereocenters. The second-order valence-corrected chi connectivity index (χ2v) is 3.43. The summed E-state index contributed by atoms with van der Waals surface area (Å²) in [5.41, 5.74) is 1.13. The number of hydrogen-bond donors (Lipinski definition) is 0. The highest BCUT2D eigenvalue weighted by Gasteiger charge is 2.12. The molecule has 92 valence electrons. The number of carbonyl (C=O) groups is 3. The van der Waals surface area contributed by atoms with Gasteiger partial charge in [0, 0.05) is 16.7 Å². The summed E-state index contributed by atoms with van der Waals surface area (Å²) in [4.78, 5) is 33.6. The van der Waals surface area contributed by atoms with Gasteiger partial charge in [0.05, 0.1) is 0 Å². The SMILES string of the molecule is CC.CC(=O)c1ccc(C(C)=O)c(C(C)=O)c1. The minimum absolute atomic E-state index is 0.118. The van der Waals surface area contributed by atoms with Crippen LogP contribution in [0, 0.1) is 0 Å². The second kappa shape index (κ2) is 6.74. The average Bonchev–Trinajstić information content (AvgIpc) is 2.30. The van der Waals surface area contributed by atoms with Crippen LogP contribution in [0.3, 0.4) is 0 Å². The monoisotopic (exact) mass is 234 g/mol. The van der Waals surface area contributed by atoms with Crippen LogP contribution in [-0.4, -0.2) is 17.3 Å². The fraction of sp³-hybridized carbons (Fsp3) is 0.357. The van der Waals surface area contributed by atoms with Gasteiger partial charge in [-0.25, -0.2) is 0 Å². The first-order chi connectivity index (χ1) is 7.93. The van der Waals surface area contributed by atoms with Gasteiger partial charge in [-0.3, -0.25) is 14.4 Å². The maximum Gasteiger partial charge on any atom is 0.160 e. The van der Waals surface area contributed by atoms with Crippen molar-refractivity contribution in [1.82, 2.24) is 0 Å². The van der Waals surface area contributed by atoms with Crippen molar-refractivity contribution in [3.8, 4) is 0 Å². The van der Waals surface area contributed by atoms with Crippen LogP contribution in [0.25, 0.3) is 0 Å². The molecule has 0 saturated heterocycles. The van der Waals surface area contributed by atoms with Gasteiger partial charge in [0.2, 0.25) is 0 Å². The number of Topliss-reactive ketones (excluding diaryl/α,β-unsaturated/α-hetero) is 3. The number of rotatable bonds is 3. The highest BCUT2D eigenvalue weighted by atomic mass is 16.1. The van der Waals surface area contributed by atoms with E-state index < -0.39 is 0 Å². The van der Waals surface area contributed by atoms with Crippen LogP contribution in [0.15, 0.2) is 18.2 Å². The number of hydrogen-bond acceptors (Lipinski definition) is 3. The summed E-state index contributed by atoms with van der Waals surface area (Å²) in [6.45, 7) is 8.20. The summed E-state index contributed by atoms with van der Waals surface area (Å²) >= 11 is 0. The van der Waals surface area contributed by atoms with Crippen molar-refractivity contribution in [3.05, 3.63) is 34.9 Å². The topological polar surface area (TPSA) is 51.2 Å². The van der Waals surface area contributed by atoms with Crippen LogP contribution < -0.4 is 0 Å². The van der Waals surface area contributed by atoms with Gasteiger partial charge < -0.3 is 0 Å². The lowest BCUT2D eigenvalue weighted by molar-refractivity contribution is 0.0979. The van der Waals surface area contributed by atoms with Crippen LogP contribution in [0.2, 0.25) is 0 Å². The van der Waals surface area contributed by atoms with Crippen molar-refractivity contribution in [2.75, 3.05) is 0 Å². The highest BCUT2D eigenvalue weighted by molar-refractivity contribution is 6.09. The fourth-order valence-electron chi connectivity index (χ4n) is 1.36. The normalized spacial score (nSPS) is 9.00. The van der Waals surface area contributed by atoms with E-state index in [1.807, 2.05) is 13.8 Å². The van der Waals surface area contributed by atoms with Crippen molar-refractivity contribution < 1.29 is 14.4 Å². The van der Waals surface area contributed by atoms with E-state index in [1.54, 1.807) is 6.07 Å². The van der Waals surface area contributed by atoms with E-state index in [1.165, 1.54) is 32.9 Å². The third-order valence-corrected chi connectivity index (χ3v) is 2.18. The molecule has 1 aromatic carbocycles. The van der Waals surface area contributed by atoms with Gasteiger partial charge >= 0.3 is 0 Å². The molecule has 0 aromatic heterocycles. The maximum atomic E-state index is 11.3. The zero-order valence-corrected chi connectivity index (χ0v) is 11.0. The smallest absolute Gasteiger partial charge is 0.160 e.